The zero-order chi connectivity index (χ0) is 24.6. The van der Waals surface area contributed by atoms with Gasteiger partial charge in [0.25, 0.3) is 0 Å². The van der Waals surface area contributed by atoms with Crippen molar-refractivity contribution in [1.29, 1.82) is 0 Å². The molecule has 7 nitrogen and oxygen atoms in total. The molecule has 0 radical (unpaired) electrons. The zero-order valence-electron chi connectivity index (χ0n) is 21.8. The fraction of sp³-hybridized carbons (Fsp3) is 0.793. The second-order valence-electron chi connectivity index (χ2n) is 11.7. The molecular formula is C29H42O7. The van der Waals surface area contributed by atoms with Crippen molar-refractivity contribution in [3.8, 4) is 5.75 Å². The van der Waals surface area contributed by atoms with E-state index < -0.39 is 17.9 Å². The number of hydrogen-bond acceptors (Lipinski definition) is 7. The monoisotopic (exact) mass is 502 g/mol. The summed E-state index contributed by atoms with van der Waals surface area (Å²) in [4.78, 5) is 0. The molecule has 0 unspecified atom stereocenters. The van der Waals surface area contributed by atoms with Gasteiger partial charge in [0.05, 0.1) is 19.8 Å². The Balaban J connectivity index is 1.14. The number of ether oxygens (including phenoxy) is 7. The van der Waals surface area contributed by atoms with E-state index >= 15 is 0 Å². The first-order valence-corrected chi connectivity index (χ1v) is 14.2. The van der Waals surface area contributed by atoms with E-state index in [1.807, 2.05) is 12.1 Å². The van der Waals surface area contributed by atoms with Gasteiger partial charge in [-0.1, -0.05) is 38.8 Å². The fourth-order valence-corrected chi connectivity index (χ4v) is 6.40. The highest BCUT2D eigenvalue weighted by atomic mass is 16.9. The molecule has 2 spiro atoms. The highest BCUT2D eigenvalue weighted by molar-refractivity contribution is 5.27. The van der Waals surface area contributed by atoms with E-state index in [0.29, 0.717) is 25.7 Å². The zero-order valence-corrected chi connectivity index (χ0v) is 21.8. The summed E-state index contributed by atoms with van der Waals surface area (Å²) in [6.45, 7) is 6.00. The van der Waals surface area contributed by atoms with Gasteiger partial charge in [-0.3, -0.25) is 0 Å². The lowest BCUT2D eigenvalue weighted by Gasteiger charge is -2.35. The normalized spacial score (nSPS) is 35.0. The lowest BCUT2D eigenvalue weighted by molar-refractivity contribution is -0.263. The Labute approximate surface area is 215 Å². The lowest BCUT2D eigenvalue weighted by atomic mass is 9.94. The quantitative estimate of drug-likeness (QED) is 0.489. The Morgan fingerprint density at radius 1 is 0.833 bits per heavy atom. The van der Waals surface area contributed by atoms with Crippen molar-refractivity contribution in [2.45, 2.75) is 127 Å². The predicted molar refractivity (Wildman–Crippen MR) is 132 cm³/mol. The van der Waals surface area contributed by atoms with E-state index in [0.717, 1.165) is 62.7 Å². The van der Waals surface area contributed by atoms with Crippen molar-refractivity contribution in [2.75, 3.05) is 13.2 Å². The predicted octanol–water partition coefficient (Wildman–Crippen LogP) is 5.48. The second kappa shape index (κ2) is 10.5. The van der Waals surface area contributed by atoms with Gasteiger partial charge in [0, 0.05) is 25.7 Å². The van der Waals surface area contributed by atoms with Crippen molar-refractivity contribution in [3.63, 3.8) is 0 Å². The SMILES string of the molecule is CC(C)COc1ccc(CO[C@H]2[C@@H]3OC4(CCCCC4)O[C@H]3O[C@H]2[C@@H]2COC3(CCCCC3)O2)cc1. The molecule has 0 N–H and O–H groups in total. The fourth-order valence-electron chi connectivity index (χ4n) is 6.40. The largest absolute Gasteiger partial charge is 0.493 e. The maximum Gasteiger partial charge on any atom is 0.190 e. The molecule has 2 aliphatic carbocycles. The standard InChI is InChI=1S/C29H42O7/c1-20(2)17-30-22-11-9-21(10-12-22)18-31-25-24(23-19-32-28(34-23)13-5-3-6-14-28)33-27-26(25)35-29(36-27)15-7-4-8-16-29/h9-12,20,23-27H,3-8,13-19H2,1-2H3/t23-,24-,25+,26-,27+/m0/s1. The Hall–Kier alpha value is -1.22. The summed E-state index contributed by atoms with van der Waals surface area (Å²) < 4.78 is 44.8. The van der Waals surface area contributed by atoms with E-state index in [-0.39, 0.29) is 24.4 Å². The molecule has 1 aromatic carbocycles. The summed E-state index contributed by atoms with van der Waals surface area (Å²) in [5.74, 6) is 0.409. The lowest BCUT2D eigenvalue weighted by Crippen LogP contribution is -2.45. The van der Waals surface area contributed by atoms with E-state index in [2.05, 4.69) is 26.0 Å². The van der Waals surface area contributed by atoms with Crippen molar-refractivity contribution >= 4 is 0 Å². The van der Waals surface area contributed by atoms with Crippen LogP contribution in [0, 0.1) is 5.92 Å². The van der Waals surface area contributed by atoms with Gasteiger partial charge >= 0.3 is 0 Å². The third kappa shape index (κ3) is 5.20. The highest BCUT2D eigenvalue weighted by Crippen LogP contribution is 2.48. The minimum Gasteiger partial charge on any atom is -0.493 e. The molecule has 36 heavy (non-hydrogen) atoms. The summed E-state index contributed by atoms with van der Waals surface area (Å²) in [7, 11) is 0. The summed E-state index contributed by atoms with van der Waals surface area (Å²) in [6.07, 6.45) is 9.37. The molecule has 0 bridgehead atoms. The molecular weight excluding hydrogens is 460 g/mol. The number of hydrogen-bond donors (Lipinski definition) is 0. The Morgan fingerprint density at radius 2 is 1.53 bits per heavy atom. The van der Waals surface area contributed by atoms with Crippen molar-refractivity contribution < 1.29 is 33.2 Å². The van der Waals surface area contributed by atoms with Gasteiger partial charge < -0.3 is 33.2 Å². The van der Waals surface area contributed by atoms with Crippen LogP contribution >= 0.6 is 0 Å². The molecule has 3 saturated heterocycles. The average molecular weight is 503 g/mol. The maximum absolute atomic E-state index is 6.63. The van der Waals surface area contributed by atoms with Crippen LogP contribution in [0.15, 0.2) is 24.3 Å². The third-order valence-corrected chi connectivity index (χ3v) is 8.31. The first kappa shape index (κ1) is 25.1. The Kier molecular flexibility index (Phi) is 7.32. The Bertz CT molecular complexity index is 859. The molecule has 5 atom stereocenters. The first-order chi connectivity index (χ1) is 17.5. The van der Waals surface area contributed by atoms with Gasteiger partial charge in [-0.15, -0.1) is 0 Å². The van der Waals surface area contributed by atoms with Crippen LogP contribution in [0.1, 0.15) is 83.6 Å². The van der Waals surface area contributed by atoms with Crippen LogP contribution < -0.4 is 4.74 Å². The summed E-state index contributed by atoms with van der Waals surface area (Å²) in [6, 6.07) is 8.16. The minimum absolute atomic E-state index is 0.181. The van der Waals surface area contributed by atoms with Crippen LogP contribution in [0.3, 0.4) is 0 Å². The van der Waals surface area contributed by atoms with Crippen molar-refractivity contribution in [2.24, 2.45) is 5.92 Å². The molecule has 2 saturated carbocycles. The van der Waals surface area contributed by atoms with Crippen molar-refractivity contribution in [3.05, 3.63) is 29.8 Å². The molecule has 0 aromatic heterocycles. The van der Waals surface area contributed by atoms with Crippen LogP contribution in [0.2, 0.25) is 0 Å². The number of fused-ring (bicyclic) bond motifs is 1. The average Bonchev–Trinajstić information content (AvgIpc) is 3.54. The summed E-state index contributed by atoms with van der Waals surface area (Å²) in [5.41, 5.74) is 1.09. The highest BCUT2D eigenvalue weighted by Gasteiger charge is 2.61. The van der Waals surface area contributed by atoms with Crippen LogP contribution in [-0.4, -0.2) is 55.5 Å². The minimum atomic E-state index is -0.521. The van der Waals surface area contributed by atoms with Gasteiger partial charge in [-0.05, 0) is 49.3 Å². The molecule has 3 aliphatic heterocycles. The van der Waals surface area contributed by atoms with E-state index in [1.54, 1.807) is 0 Å². The molecule has 7 heteroatoms. The molecule has 5 aliphatic rings. The van der Waals surface area contributed by atoms with Gasteiger partial charge in [-0.2, -0.15) is 0 Å². The van der Waals surface area contributed by atoms with Crippen LogP contribution in [0.5, 0.6) is 5.75 Å². The van der Waals surface area contributed by atoms with Crippen molar-refractivity contribution in [1.82, 2.24) is 0 Å². The summed E-state index contributed by atoms with van der Waals surface area (Å²) in [5, 5.41) is 0. The number of benzene rings is 1. The van der Waals surface area contributed by atoms with E-state index in [9.17, 15) is 0 Å². The van der Waals surface area contributed by atoms with Crippen LogP contribution in [0.25, 0.3) is 0 Å². The third-order valence-electron chi connectivity index (χ3n) is 8.31. The maximum atomic E-state index is 6.63. The first-order valence-electron chi connectivity index (χ1n) is 14.2. The van der Waals surface area contributed by atoms with E-state index in [1.165, 1.54) is 12.8 Å². The number of rotatable bonds is 7. The summed E-state index contributed by atoms with van der Waals surface area (Å²) >= 11 is 0. The van der Waals surface area contributed by atoms with Gasteiger partial charge in [-0.25, -0.2) is 0 Å². The van der Waals surface area contributed by atoms with Gasteiger partial charge in [0.1, 0.15) is 30.2 Å². The smallest absolute Gasteiger partial charge is 0.190 e. The topological polar surface area (TPSA) is 64.6 Å². The van der Waals surface area contributed by atoms with Crippen LogP contribution in [-0.2, 0) is 35.0 Å². The molecule has 0 amide bonds. The van der Waals surface area contributed by atoms with E-state index in [4.69, 9.17) is 33.2 Å². The molecule has 5 fully saturated rings. The van der Waals surface area contributed by atoms with Gasteiger partial charge in [0.2, 0.25) is 0 Å². The molecule has 1 aromatic rings. The van der Waals surface area contributed by atoms with Crippen LogP contribution in [0.4, 0.5) is 0 Å². The molecule has 6 rings (SSSR count). The van der Waals surface area contributed by atoms with Gasteiger partial charge in [0.15, 0.2) is 17.9 Å². The second-order valence-corrected chi connectivity index (χ2v) is 11.7. The Morgan fingerprint density at radius 3 is 2.22 bits per heavy atom. The molecule has 200 valence electrons. The molecule has 3 heterocycles.